The number of aromatic nitrogens is 1. The van der Waals surface area contributed by atoms with Gasteiger partial charge in [-0.1, -0.05) is 41.7 Å². The summed E-state index contributed by atoms with van der Waals surface area (Å²) in [6.07, 6.45) is 0.896. The first-order valence-corrected chi connectivity index (χ1v) is 11.7. The molecule has 150 valence electrons. The third-order valence-corrected chi connectivity index (χ3v) is 7.80. The van der Waals surface area contributed by atoms with Gasteiger partial charge in [0.1, 0.15) is 0 Å². The molecular formula is C18H22N4O4S2. The molecule has 4 rings (SSSR count). The predicted octanol–water partition coefficient (Wildman–Crippen LogP) is 1.12. The number of hydrogen-bond donors (Lipinski definition) is 2. The number of aliphatic hydroxyl groups excluding tert-OH is 1. The van der Waals surface area contributed by atoms with Crippen molar-refractivity contribution in [1.82, 2.24) is 14.8 Å². The first kappa shape index (κ1) is 19.3. The summed E-state index contributed by atoms with van der Waals surface area (Å²) < 4.78 is 23.4. The Balaban J connectivity index is 1.32. The number of piperazine rings is 1. The fourth-order valence-corrected chi connectivity index (χ4v) is 6.30. The lowest BCUT2D eigenvalue weighted by Crippen LogP contribution is -2.55. The molecule has 10 heteroatoms. The lowest BCUT2D eigenvalue weighted by molar-refractivity contribution is 0.0545. The van der Waals surface area contributed by atoms with Crippen LogP contribution in [0.4, 0.5) is 9.93 Å². The largest absolute Gasteiger partial charge is 0.390 e. The van der Waals surface area contributed by atoms with Gasteiger partial charge in [0.25, 0.3) is 0 Å². The van der Waals surface area contributed by atoms with E-state index in [1.165, 1.54) is 11.3 Å². The van der Waals surface area contributed by atoms with Gasteiger partial charge in [0, 0.05) is 32.4 Å². The summed E-state index contributed by atoms with van der Waals surface area (Å²) in [5.41, 5.74) is 1.05. The van der Waals surface area contributed by atoms with E-state index in [-0.39, 0.29) is 23.6 Å². The zero-order valence-electron chi connectivity index (χ0n) is 15.2. The minimum Gasteiger partial charge on any atom is -0.390 e. The number of rotatable bonds is 3. The second kappa shape index (κ2) is 7.78. The summed E-state index contributed by atoms with van der Waals surface area (Å²) in [4.78, 5) is 21.4. The maximum absolute atomic E-state index is 12.5. The molecule has 0 bridgehead atoms. The lowest BCUT2D eigenvalue weighted by Gasteiger charge is -2.38. The molecule has 2 aromatic rings. The molecule has 2 saturated heterocycles. The van der Waals surface area contributed by atoms with E-state index >= 15 is 0 Å². The first-order chi connectivity index (χ1) is 13.4. The molecular weight excluding hydrogens is 400 g/mol. The van der Waals surface area contributed by atoms with Crippen LogP contribution in [0.2, 0.25) is 0 Å². The average Bonchev–Trinajstić information content (AvgIpc) is 3.26. The van der Waals surface area contributed by atoms with Crippen LogP contribution < -0.4 is 5.32 Å². The Kier molecular flexibility index (Phi) is 5.37. The third-order valence-electron chi connectivity index (χ3n) is 5.14. The van der Waals surface area contributed by atoms with Crippen molar-refractivity contribution in [3.8, 4) is 10.4 Å². The van der Waals surface area contributed by atoms with Crippen molar-refractivity contribution < 1.29 is 18.3 Å². The minimum atomic E-state index is -3.18. The topological polar surface area (TPSA) is 103 Å². The highest BCUT2D eigenvalue weighted by Crippen LogP contribution is 2.29. The van der Waals surface area contributed by atoms with E-state index in [1.807, 2.05) is 35.2 Å². The fraction of sp³-hybridized carbons (Fsp3) is 0.444. The van der Waals surface area contributed by atoms with Gasteiger partial charge in [0.2, 0.25) is 0 Å². The summed E-state index contributed by atoms with van der Waals surface area (Å²) in [7, 11) is -3.18. The Hall–Kier alpha value is -2.01. The number of amides is 2. The Morgan fingerprint density at radius 2 is 1.86 bits per heavy atom. The van der Waals surface area contributed by atoms with Crippen LogP contribution in [0.1, 0.15) is 0 Å². The molecule has 28 heavy (non-hydrogen) atoms. The van der Waals surface area contributed by atoms with Gasteiger partial charge in [0.15, 0.2) is 15.0 Å². The highest BCUT2D eigenvalue weighted by Gasteiger charge is 2.41. The van der Waals surface area contributed by atoms with Crippen LogP contribution in [0.25, 0.3) is 10.4 Å². The van der Waals surface area contributed by atoms with E-state index < -0.39 is 15.9 Å². The van der Waals surface area contributed by atoms with E-state index in [1.54, 1.807) is 11.1 Å². The third kappa shape index (κ3) is 4.19. The summed E-state index contributed by atoms with van der Waals surface area (Å²) in [5.74, 6) is -0.187. The molecule has 0 radical (unpaired) electrons. The fourth-order valence-electron chi connectivity index (χ4n) is 3.65. The molecule has 8 nitrogen and oxygen atoms in total. The van der Waals surface area contributed by atoms with E-state index in [9.17, 15) is 18.3 Å². The number of benzene rings is 1. The zero-order chi connectivity index (χ0) is 19.7. The van der Waals surface area contributed by atoms with Crippen LogP contribution in [0, 0.1) is 0 Å². The van der Waals surface area contributed by atoms with Crippen molar-refractivity contribution >= 4 is 32.3 Å². The molecule has 1 aromatic carbocycles. The van der Waals surface area contributed by atoms with Crippen LogP contribution in [-0.2, 0) is 9.84 Å². The van der Waals surface area contributed by atoms with Crippen LogP contribution >= 0.6 is 11.3 Å². The van der Waals surface area contributed by atoms with Crippen molar-refractivity contribution in [3.63, 3.8) is 0 Å². The standard InChI is InChI=1S/C18H22N4O4S2/c23-15-12-28(25,26)11-14(15)21-6-8-22(9-7-21)18(24)20-17-19-10-16(27-17)13-4-2-1-3-5-13/h1-5,10,14-15,23H,6-9,11-12H2,(H,19,20,24)/t14-,15-/m1/s1. The average molecular weight is 423 g/mol. The Labute approximate surface area is 167 Å². The molecule has 0 aliphatic carbocycles. The number of nitrogens with zero attached hydrogens (tertiary/aromatic N) is 3. The molecule has 0 saturated carbocycles. The number of carbonyl (C=O) groups is 1. The molecule has 2 N–H and O–H groups in total. The maximum atomic E-state index is 12.5. The summed E-state index contributed by atoms with van der Waals surface area (Å²) >= 11 is 1.42. The van der Waals surface area contributed by atoms with E-state index in [4.69, 9.17) is 0 Å². The molecule has 2 fully saturated rings. The minimum absolute atomic E-state index is 0.0122. The second-order valence-electron chi connectivity index (χ2n) is 7.06. The van der Waals surface area contributed by atoms with Crippen molar-refractivity contribution in [1.29, 1.82) is 0 Å². The molecule has 2 amide bonds. The first-order valence-electron chi connectivity index (χ1n) is 9.11. The maximum Gasteiger partial charge on any atom is 0.323 e. The Morgan fingerprint density at radius 1 is 1.14 bits per heavy atom. The Bertz CT molecular complexity index is 940. The molecule has 2 atom stereocenters. The molecule has 0 spiro atoms. The number of anilines is 1. The van der Waals surface area contributed by atoms with Crippen LogP contribution in [-0.4, -0.2) is 84.2 Å². The van der Waals surface area contributed by atoms with Crippen molar-refractivity contribution in [3.05, 3.63) is 36.5 Å². The lowest BCUT2D eigenvalue weighted by atomic mass is 10.1. The predicted molar refractivity (Wildman–Crippen MR) is 108 cm³/mol. The molecule has 2 aliphatic heterocycles. The van der Waals surface area contributed by atoms with Crippen molar-refractivity contribution in [2.75, 3.05) is 43.0 Å². The number of nitrogens with one attached hydrogen (secondary N) is 1. The molecule has 1 aromatic heterocycles. The van der Waals surface area contributed by atoms with Crippen LogP contribution in [0.5, 0.6) is 0 Å². The second-order valence-corrected chi connectivity index (χ2v) is 10.2. The Morgan fingerprint density at radius 3 is 2.50 bits per heavy atom. The van der Waals surface area contributed by atoms with Crippen LogP contribution in [0.15, 0.2) is 36.5 Å². The molecule has 0 unspecified atom stereocenters. The number of thiazole rings is 1. The summed E-state index contributed by atoms with van der Waals surface area (Å²) in [6.45, 7) is 2.04. The highest BCUT2D eigenvalue weighted by atomic mass is 32.2. The van der Waals surface area contributed by atoms with E-state index in [0.29, 0.717) is 31.3 Å². The van der Waals surface area contributed by atoms with Crippen LogP contribution in [0.3, 0.4) is 0 Å². The van der Waals surface area contributed by atoms with Gasteiger partial charge in [0.05, 0.1) is 28.5 Å². The normalized spacial score (nSPS) is 25.0. The SMILES string of the molecule is O=C(Nc1ncc(-c2ccccc2)s1)N1CCN([C@@H]2CS(=O)(=O)C[C@H]2O)CC1. The smallest absolute Gasteiger partial charge is 0.323 e. The number of sulfone groups is 1. The molecule has 3 heterocycles. The summed E-state index contributed by atoms with van der Waals surface area (Å²) in [6, 6.07) is 9.27. The highest BCUT2D eigenvalue weighted by molar-refractivity contribution is 7.91. The van der Waals surface area contributed by atoms with Gasteiger partial charge in [-0.3, -0.25) is 10.2 Å². The van der Waals surface area contributed by atoms with Crippen molar-refractivity contribution in [2.45, 2.75) is 12.1 Å². The summed E-state index contributed by atoms with van der Waals surface area (Å²) in [5, 5.41) is 13.4. The number of urea groups is 1. The number of aliphatic hydroxyl groups is 1. The quantitative estimate of drug-likeness (QED) is 0.768. The van der Waals surface area contributed by atoms with Gasteiger partial charge in [-0.2, -0.15) is 0 Å². The van der Waals surface area contributed by atoms with E-state index in [2.05, 4.69) is 10.3 Å². The van der Waals surface area contributed by atoms with Gasteiger partial charge in [-0.25, -0.2) is 18.2 Å². The zero-order valence-corrected chi connectivity index (χ0v) is 16.8. The number of carbonyl (C=O) groups excluding carboxylic acids is 1. The van der Waals surface area contributed by atoms with Gasteiger partial charge in [-0.15, -0.1) is 0 Å². The van der Waals surface area contributed by atoms with Gasteiger partial charge < -0.3 is 10.0 Å². The number of hydrogen-bond acceptors (Lipinski definition) is 7. The van der Waals surface area contributed by atoms with Gasteiger partial charge >= 0.3 is 6.03 Å². The van der Waals surface area contributed by atoms with Crippen molar-refractivity contribution in [2.24, 2.45) is 0 Å². The van der Waals surface area contributed by atoms with E-state index in [0.717, 1.165) is 10.4 Å². The van der Waals surface area contributed by atoms with Gasteiger partial charge in [-0.05, 0) is 5.56 Å². The monoisotopic (exact) mass is 422 g/mol. The molecule has 2 aliphatic rings.